The first-order valence-electron chi connectivity index (χ1n) is 9.92. The first kappa shape index (κ1) is 23.0. The maximum Gasteiger partial charge on any atom is 0.341 e. The van der Waals surface area contributed by atoms with Gasteiger partial charge in [0.1, 0.15) is 10.7 Å². The van der Waals surface area contributed by atoms with E-state index in [1.54, 1.807) is 6.92 Å². The average Bonchev–Trinajstić information content (AvgIpc) is 3.04. The summed E-state index contributed by atoms with van der Waals surface area (Å²) in [7, 11) is 2.84. The van der Waals surface area contributed by atoms with Crippen molar-refractivity contribution in [1.29, 1.82) is 0 Å². The quantitative estimate of drug-likeness (QED) is 0.648. The van der Waals surface area contributed by atoms with E-state index >= 15 is 0 Å². The standard InChI is InChI=1S/C21H28N4O5S/c1-8-30-18(27)14-11-10-20(2,3)25-21(4,5)15(11)31-17(14)24-16(26)12-9-13(28-6)23-19(22-12)29-7/h9,25H,8,10H2,1-7H3,(H,24,26). The first-order chi connectivity index (χ1) is 14.5. The zero-order valence-corrected chi connectivity index (χ0v) is 19.7. The third-order valence-corrected chi connectivity index (χ3v) is 6.33. The van der Waals surface area contributed by atoms with Crippen LogP contribution >= 0.6 is 11.3 Å². The van der Waals surface area contributed by atoms with Crippen molar-refractivity contribution >= 4 is 28.2 Å². The molecule has 0 saturated carbocycles. The Morgan fingerprint density at radius 3 is 2.52 bits per heavy atom. The van der Waals surface area contributed by atoms with Gasteiger partial charge in [0.2, 0.25) is 5.88 Å². The van der Waals surface area contributed by atoms with Crippen molar-refractivity contribution in [1.82, 2.24) is 15.3 Å². The lowest BCUT2D eigenvalue weighted by atomic mass is 9.81. The fourth-order valence-corrected chi connectivity index (χ4v) is 5.18. The molecule has 3 heterocycles. The number of hydrogen-bond donors (Lipinski definition) is 2. The number of nitrogens with zero attached hydrogens (tertiary/aromatic N) is 2. The minimum Gasteiger partial charge on any atom is -0.481 e. The minimum absolute atomic E-state index is 0.00710. The number of methoxy groups -OCH3 is 2. The molecule has 0 fully saturated rings. The Balaban J connectivity index is 2.07. The molecule has 1 aliphatic rings. The van der Waals surface area contributed by atoms with Gasteiger partial charge >= 0.3 is 12.0 Å². The SMILES string of the molecule is CCOC(=O)c1c(NC(=O)c2cc(OC)nc(OC)n2)sc2c1CC(C)(C)NC2(C)C. The Bertz CT molecular complexity index is 993. The van der Waals surface area contributed by atoms with Gasteiger partial charge in [0.15, 0.2) is 0 Å². The van der Waals surface area contributed by atoms with Crippen LogP contribution in [0.4, 0.5) is 5.00 Å². The van der Waals surface area contributed by atoms with Crippen LogP contribution < -0.4 is 20.1 Å². The second-order valence-electron chi connectivity index (χ2n) is 8.38. The summed E-state index contributed by atoms with van der Waals surface area (Å²) in [4.78, 5) is 35.0. The predicted octanol–water partition coefficient (Wildman–Crippen LogP) is 3.14. The molecule has 10 heteroatoms. The van der Waals surface area contributed by atoms with Crippen molar-refractivity contribution in [2.45, 2.75) is 52.1 Å². The van der Waals surface area contributed by atoms with Crippen LogP contribution in [0.5, 0.6) is 11.9 Å². The Kier molecular flexibility index (Phi) is 6.24. The molecule has 2 aromatic heterocycles. The third-order valence-electron chi connectivity index (χ3n) is 4.86. The molecule has 0 spiro atoms. The zero-order valence-electron chi connectivity index (χ0n) is 18.8. The van der Waals surface area contributed by atoms with Crippen molar-refractivity contribution in [3.63, 3.8) is 0 Å². The number of carbonyl (C=O) groups excluding carboxylic acids is 2. The van der Waals surface area contributed by atoms with Gasteiger partial charge in [0, 0.05) is 22.0 Å². The molecule has 168 valence electrons. The van der Waals surface area contributed by atoms with E-state index in [1.165, 1.54) is 31.6 Å². The van der Waals surface area contributed by atoms with E-state index in [1.807, 2.05) is 0 Å². The van der Waals surface area contributed by atoms with Crippen molar-refractivity contribution in [3.05, 3.63) is 27.8 Å². The van der Waals surface area contributed by atoms with Crippen LogP contribution in [0.3, 0.4) is 0 Å². The van der Waals surface area contributed by atoms with Crippen LogP contribution in [0.2, 0.25) is 0 Å². The van der Waals surface area contributed by atoms with Crippen LogP contribution in [0.1, 0.15) is 65.9 Å². The number of hydrogen-bond acceptors (Lipinski definition) is 9. The Morgan fingerprint density at radius 1 is 1.19 bits per heavy atom. The number of rotatable bonds is 6. The molecule has 31 heavy (non-hydrogen) atoms. The van der Waals surface area contributed by atoms with Crippen molar-refractivity contribution in [2.75, 3.05) is 26.1 Å². The number of thiophene rings is 1. The van der Waals surface area contributed by atoms with E-state index in [2.05, 4.69) is 48.3 Å². The predicted molar refractivity (Wildman–Crippen MR) is 117 cm³/mol. The van der Waals surface area contributed by atoms with E-state index < -0.39 is 11.9 Å². The number of anilines is 1. The van der Waals surface area contributed by atoms with Crippen LogP contribution in [0, 0.1) is 0 Å². The fourth-order valence-electron chi connectivity index (χ4n) is 3.92. The van der Waals surface area contributed by atoms with E-state index in [0.29, 0.717) is 17.0 Å². The van der Waals surface area contributed by atoms with Crippen LogP contribution in [-0.4, -0.2) is 48.2 Å². The second-order valence-corrected chi connectivity index (χ2v) is 9.40. The number of esters is 1. The molecule has 2 N–H and O–H groups in total. The van der Waals surface area contributed by atoms with Gasteiger partial charge in [-0.25, -0.2) is 4.79 Å². The van der Waals surface area contributed by atoms with Crippen molar-refractivity contribution in [2.24, 2.45) is 0 Å². The molecule has 0 unspecified atom stereocenters. The van der Waals surface area contributed by atoms with E-state index in [-0.39, 0.29) is 35.3 Å². The van der Waals surface area contributed by atoms with Crippen molar-refractivity contribution in [3.8, 4) is 11.9 Å². The van der Waals surface area contributed by atoms with Gasteiger partial charge in [0.25, 0.3) is 5.91 Å². The summed E-state index contributed by atoms with van der Waals surface area (Å²) in [5.74, 6) is -0.769. The number of amides is 1. The Labute approximate surface area is 185 Å². The summed E-state index contributed by atoms with van der Waals surface area (Å²) in [5.41, 5.74) is 0.736. The van der Waals surface area contributed by atoms with Gasteiger partial charge in [-0.05, 0) is 46.6 Å². The molecular weight excluding hydrogens is 420 g/mol. The number of fused-ring (bicyclic) bond motifs is 1. The summed E-state index contributed by atoms with van der Waals surface area (Å²) in [6, 6.07) is 1.41. The minimum atomic E-state index is -0.506. The number of aromatic nitrogens is 2. The molecule has 0 aliphatic carbocycles. The summed E-state index contributed by atoms with van der Waals surface area (Å²) < 4.78 is 15.5. The molecule has 3 rings (SSSR count). The summed E-state index contributed by atoms with van der Waals surface area (Å²) in [6.45, 7) is 10.3. The highest BCUT2D eigenvalue weighted by Crippen LogP contribution is 2.45. The zero-order chi connectivity index (χ0) is 23.0. The molecule has 0 radical (unpaired) electrons. The molecule has 0 aromatic carbocycles. The second kappa shape index (κ2) is 8.43. The summed E-state index contributed by atoms with van der Waals surface area (Å²) >= 11 is 1.37. The van der Waals surface area contributed by atoms with Crippen LogP contribution in [-0.2, 0) is 16.7 Å². The molecule has 1 amide bonds. The summed E-state index contributed by atoms with van der Waals surface area (Å²) in [6.07, 6.45) is 0.626. The number of ether oxygens (including phenoxy) is 3. The maximum atomic E-state index is 13.0. The first-order valence-corrected chi connectivity index (χ1v) is 10.7. The van der Waals surface area contributed by atoms with E-state index in [9.17, 15) is 9.59 Å². The van der Waals surface area contributed by atoms with Gasteiger partial charge in [-0.2, -0.15) is 9.97 Å². The molecule has 0 saturated heterocycles. The molecule has 2 aromatic rings. The topological polar surface area (TPSA) is 112 Å². The van der Waals surface area contributed by atoms with Gasteiger partial charge in [-0.1, -0.05) is 0 Å². The largest absolute Gasteiger partial charge is 0.481 e. The van der Waals surface area contributed by atoms with Gasteiger partial charge < -0.3 is 24.8 Å². The molecule has 9 nitrogen and oxygen atoms in total. The lowest BCUT2D eigenvalue weighted by Crippen LogP contribution is -2.55. The highest BCUT2D eigenvalue weighted by atomic mass is 32.1. The number of nitrogens with one attached hydrogen (secondary N) is 2. The highest BCUT2D eigenvalue weighted by molar-refractivity contribution is 7.17. The monoisotopic (exact) mass is 448 g/mol. The number of carbonyl (C=O) groups is 2. The lowest BCUT2D eigenvalue weighted by Gasteiger charge is -2.42. The van der Waals surface area contributed by atoms with E-state index in [4.69, 9.17) is 14.2 Å². The fraction of sp³-hybridized carbons (Fsp3) is 0.524. The van der Waals surface area contributed by atoms with Crippen molar-refractivity contribution < 1.29 is 23.8 Å². The van der Waals surface area contributed by atoms with Gasteiger partial charge in [0.05, 0.1) is 26.4 Å². The molecule has 1 aliphatic heterocycles. The molecular formula is C21H28N4O5S. The maximum absolute atomic E-state index is 13.0. The van der Waals surface area contributed by atoms with Gasteiger partial charge in [-0.3, -0.25) is 4.79 Å². The van der Waals surface area contributed by atoms with Crippen LogP contribution in [0.25, 0.3) is 0 Å². The highest BCUT2D eigenvalue weighted by Gasteiger charge is 2.42. The normalized spacial score (nSPS) is 16.2. The van der Waals surface area contributed by atoms with Gasteiger partial charge in [-0.15, -0.1) is 11.3 Å². The Morgan fingerprint density at radius 2 is 1.90 bits per heavy atom. The third kappa shape index (κ3) is 4.64. The Hall–Kier alpha value is -2.72. The van der Waals surface area contributed by atoms with E-state index in [0.717, 1.165) is 10.4 Å². The lowest BCUT2D eigenvalue weighted by molar-refractivity contribution is 0.0525. The smallest absolute Gasteiger partial charge is 0.341 e. The summed E-state index contributed by atoms with van der Waals surface area (Å²) in [5, 5.41) is 6.88. The molecule has 0 bridgehead atoms. The van der Waals surface area contributed by atoms with Crippen LogP contribution in [0.15, 0.2) is 6.07 Å². The average molecular weight is 449 g/mol. The molecule has 0 atom stereocenters.